The number of anilines is 1. The van der Waals surface area contributed by atoms with Crippen LogP contribution < -0.4 is 5.73 Å². The fourth-order valence-corrected chi connectivity index (χ4v) is 3.57. The summed E-state index contributed by atoms with van der Waals surface area (Å²) in [6.45, 7) is 1.38. The molecular weight excluding hydrogens is 407 g/mol. The van der Waals surface area contributed by atoms with Crippen molar-refractivity contribution < 1.29 is 28.7 Å². The van der Waals surface area contributed by atoms with E-state index in [2.05, 4.69) is 29.8 Å². The van der Waals surface area contributed by atoms with Crippen LogP contribution in [-0.4, -0.2) is 68.2 Å². The van der Waals surface area contributed by atoms with Crippen molar-refractivity contribution in [2.24, 2.45) is 0 Å². The number of aromatic nitrogens is 7. The van der Waals surface area contributed by atoms with E-state index in [1.807, 2.05) is 6.92 Å². The maximum atomic E-state index is 11.1. The second-order valence-corrected chi connectivity index (χ2v) is 7.70. The summed E-state index contributed by atoms with van der Waals surface area (Å²) in [4.78, 5) is 30.2. The molecule has 0 aromatic carbocycles. The maximum Gasteiger partial charge on any atom is 0.469 e. The van der Waals surface area contributed by atoms with Crippen LogP contribution in [0.2, 0.25) is 0 Å². The third-order valence-electron chi connectivity index (χ3n) is 4.63. The van der Waals surface area contributed by atoms with E-state index in [0.29, 0.717) is 23.3 Å². The largest absolute Gasteiger partial charge is 0.469 e. The molecule has 0 unspecified atom stereocenters. The Bertz CT molecular complexity index is 1070. The smallest absolute Gasteiger partial charge is 0.388 e. The van der Waals surface area contributed by atoms with Crippen LogP contribution in [0.4, 0.5) is 5.82 Å². The highest BCUT2D eigenvalue weighted by Gasteiger charge is 2.47. The van der Waals surface area contributed by atoms with Gasteiger partial charge in [-0.3, -0.25) is 9.09 Å². The molecule has 1 saturated heterocycles. The van der Waals surface area contributed by atoms with Crippen LogP contribution in [0.1, 0.15) is 24.9 Å². The lowest BCUT2D eigenvalue weighted by Crippen LogP contribution is -2.32. The second-order valence-electron chi connectivity index (χ2n) is 6.46. The minimum atomic E-state index is -4.74. The maximum absolute atomic E-state index is 11.1. The zero-order valence-electron chi connectivity index (χ0n) is 15.2. The molecular formula is C14H19N8O6P. The molecule has 0 spiro atoms. The Balaban J connectivity index is 1.73. The molecule has 15 heteroatoms. The average Bonchev–Trinajstić information content (AvgIpc) is 3.36. The molecule has 1 aliphatic heterocycles. The molecule has 0 amide bonds. The van der Waals surface area contributed by atoms with Gasteiger partial charge >= 0.3 is 7.82 Å². The number of imidazole rings is 1. The van der Waals surface area contributed by atoms with Gasteiger partial charge in [0.1, 0.15) is 30.1 Å². The normalized spacial score (nSPS) is 25.1. The van der Waals surface area contributed by atoms with Gasteiger partial charge in [-0.15, -0.1) is 5.10 Å². The van der Waals surface area contributed by atoms with Crippen LogP contribution in [0, 0.1) is 0 Å². The number of aliphatic hydroxyl groups excluding tert-OH is 1. The first-order valence-electron chi connectivity index (χ1n) is 8.66. The molecule has 0 aliphatic carbocycles. The van der Waals surface area contributed by atoms with Crippen molar-refractivity contribution in [2.75, 3.05) is 12.3 Å². The van der Waals surface area contributed by atoms with Crippen molar-refractivity contribution in [2.45, 2.75) is 37.8 Å². The number of nitrogens with two attached hydrogens (primary N) is 1. The predicted octanol–water partition coefficient (Wildman–Crippen LogP) is -0.829. The molecule has 1 fully saturated rings. The number of fused-ring (bicyclic) bond motifs is 1. The van der Waals surface area contributed by atoms with Crippen molar-refractivity contribution >= 4 is 24.8 Å². The number of phosphoric acid groups is 1. The molecule has 29 heavy (non-hydrogen) atoms. The van der Waals surface area contributed by atoms with Gasteiger partial charge in [-0.05, 0) is 6.42 Å². The first kappa shape index (κ1) is 19.8. The molecule has 3 aromatic heterocycles. The minimum Gasteiger partial charge on any atom is -0.388 e. The van der Waals surface area contributed by atoms with E-state index in [1.165, 1.54) is 17.3 Å². The fraction of sp³-hybridized carbons (Fsp3) is 0.500. The molecule has 0 radical (unpaired) electrons. The molecule has 5 N–H and O–H groups in total. The third kappa shape index (κ3) is 3.73. The van der Waals surface area contributed by atoms with Crippen LogP contribution in [0.15, 0.2) is 18.9 Å². The standard InChI is InChI=1S/C14H19N8O6P/c1-2-7-3-22(20-19-7)10-11(23)8(4-27-29(24,25)26)28-14(10)21-6-18-9-12(15)16-5-17-13(9)21/h3,5-6,8,10-11,14,23H,2,4H2,1H3,(H2,15,16,17)(H2,24,25,26)/t8-,10-,11-,14-/m1/s1. The van der Waals surface area contributed by atoms with E-state index in [1.54, 1.807) is 10.8 Å². The number of hydrogen-bond acceptors (Lipinski definition) is 10. The Kier molecular flexibility index (Phi) is 5.06. The van der Waals surface area contributed by atoms with Crippen LogP contribution in [0.5, 0.6) is 0 Å². The number of aryl methyl sites for hydroxylation is 1. The lowest BCUT2D eigenvalue weighted by atomic mass is 10.1. The number of ether oxygens (including phenoxy) is 1. The molecule has 0 saturated carbocycles. The van der Waals surface area contributed by atoms with Gasteiger partial charge in [0.2, 0.25) is 0 Å². The Hall–Kier alpha value is -2.48. The summed E-state index contributed by atoms with van der Waals surface area (Å²) in [5.74, 6) is 0.180. The average molecular weight is 426 g/mol. The minimum absolute atomic E-state index is 0.180. The van der Waals surface area contributed by atoms with Crippen molar-refractivity contribution in [3.63, 3.8) is 0 Å². The van der Waals surface area contributed by atoms with E-state index >= 15 is 0 Å². The SMILES string of the molecule is CCc1cn([C@@H]2[C@H](O)[C@@H](COP(=O)(O)O)O[C@H]2n2cnc3c(N)ncnc32)nn1. The Morgan fingerprint density at radius 1 is 1.34 bits per heavy atom. The topological polar surface area (TPSA) is 197 Å². The first-order chi connectivity index (χ1) is 13.8. The summed E-state index contributed by atoms with van der Waals surface area (Å²) < 4.78 is 24.5. The molecule has 4 rings (SSSR count). The lowest BCUT2D eigenvalue weighted by Gasteiger charge is -2.21. The highest BCUT2D eigenvalue weighted by Crippen LogP contribution is 2.42. The molecule has 3 aromatic rings. The van der Waals surface area contributed by atoms with Crippen LogP contribution in [0.3, 0.4) is 0 Å². The molecule has 14 nitrogen and oxygen atoms in total. The molecule has 156 valence electrons. The Morgan fingerprint density at radius 2 is 2.14 bits per heavy atom. The number of phosphoric ester groups is 1. The number of nitrogen functional groups attached to an aromatic ring is 1. The van der Waals surface area contributed by atoms with E-state index in [-0.39, 0.29) is 5.82 Å². The number of aliphatic hydroxyl groups is 1. The second kappa shape index (κ2) is 7.40. The van der Waals surface area contributed by atoms with E-state index in [9.17, 15) is 9.67 Å². The third-order valence-corrected chi connectivity index (χ3v) is 5.12. The predicted molar refractivity (Wildman–Crippen MR) is 96.1 cm³/mol. The van der Waals surface area contributed by atoms with E-state index < -0.39 is 38.9 Å². The molecule has 4 heterocycles. The van der Waals surface area contributed by atoms with Gasteiger partial charge in [0.15, 0.2) is 17.7 Å². The van der Waals surface area contributed by atoms with Gasteiger partial charge in [0.05, 0.1) is 18.6 Å². The van der Waals surface area contributed by atoms with Gasteiger partial charge in [0, 0.05) is 6.20 Å². The van der Waals surface area contributed by atoms with Crippen LogP contribution in [-0.2, 0) is 20.2 Å². The van der Waals surface area contributed by atoms with Crippen LogP contribution >= 0.6 is 7.82 Å². The van der Waals surface area contributed by atoms with E-state index in [4.69, 9.17) is 20.3 Å². The van der Waals surface area contributed by atoms with E-state index in [0.717, 1.165) is 0 Å². The summed E-state index contributed by atoms with van der Waals surface area (Å²) in [5.41, 5.74) is 7.26. The summed E-state index contributed by atoms with van der Waals surface area (Å²) in [6, 6.07) is -0.790. The molecule has 0 bridgehead atoms. The van der Waals surface area contributed by atoms with Crippen LogP contribution in [0.25, 0.3) is 11.2 Å². The van der Waals surface area contributed by atoms with Gasteiger partial charge in [-0.25, -0.2) is 24.2 Å². The van der Waals surface area contributed by atoms with Crippen molar-refractivity contribution in [1.82, 2.24) is 34.5 Å². The first-order valence-corrected chi connectivity index (χ1v) is 10.2. The van der Waals surface area contributed by atoms with Gasteiger partial charge in [0.25, 0.3) is 0 Å². The lowest BCUT2D eigenvalue weighted by molar-refractivity contribution is -0.0441. The molecule has 4 atom stereocenters. The Morgan fingerprint density at radius 3 is 2.83 bits per heavy atom. The summed E-state index contributed by atoms with van der Waals surface area (Å²) in [5, 5.41) is 18.9. The molecule has 1 aliphatic rings. The monoisotopic (exact) mass is 426 g/mol. The number of nitrogens with zero attached hydrogens (tertiary/aromatic N) is 7. The van der Waals surface area contributed by atoms with Gasteiger partial charge in [-0.1, -0.05) is 12.1 Å². The zero-order chi connectivity index (χ0) is 20.8. The number of rotatable bonds is 6. The number of hydrogen-bond donors (Lipinski definition) is 4. The van der Waals surface area contributed by atoms with Gasteiger partial charge < -0.3 is 25.4 Å². The summed E-state index contributed by atoms with van der Waals surface area (Å²) in [6.07, 6.45) is 1.87. The highest BCUT2D eigenvalue weighted by atomic mass is 31.2. The summed E-state index contributed by atoms with van der Waals surface area (Å²) >= 11 is 0. The van der Waals surface area contributed by atoms with Crippen molar-refractivity contribution in [3.8, 4) is 0 Å². The van der Waals surface area contributed by atoms with Crippen molar-refractivity contribution in [1.29, 1.82) is 0 Å². The summed E-state index contributed by atoms with van der Waals surface area (Å²) in [7, 11) is -4.74. The quantitative estimate of drug-likeness (QED) is 0.358. The highest BCUT2D eigenvalue weighted by molar-refractivity contribution is 7.46. The van der Waals surface area contributed by atoms with Crippen molar-refractivity contribution in [3.05, 3.63) is 24.5 Å². The Labute approximate surface area is 163 Å². The fourth-order valence-electron chi connectivity index (χ4n) is 3.23. The van der Waals surface area contributed by atoms with Gasteiger partial charge in [-0.2, -0.15) is 0 Å². The zero-order valence-corrected chi connectivity index (χ0v) is 16.1.